The van der Waals surface area contributed by atoms with Crippen LogP contribution in [0.2, 0.25) is 0 Å². The summed E-state index contributed by atoms with van der Waals surface area (Å²) in [5.41, 5.74) is 1.36. The molecule has 0 aromatic carbocycles. The van der Waals surface area contributed by atoms with E-state index in [2.05, 4.69) is 35.3 Å². The minimum absolute atomic E-state index is 0.444. The van der Waals surface area contributed by atoms with Gasteiger partial charge in [-0.1, -0.05) is 25.0 Å². The highest BCUT2D eigenvalue weighted by atomic mass is 15.1. The molecule has 2 N–H and O–H groups in total. The summed E-state index contributed by atoms with van der Waals surface area (Å²) in [5, 5.41) is 7.39. The molecule has 2 fully saturated rings. The minimum atomic E-state index is 0.444. The molecular weight excluding hydrogens is 172 g/mol. The molecule has 0 spiro atoms. The van der Waals surface area contributed by atoms with Gasteiger partial charge in [0.25, 0.3) is 0 Å². The van der Waals surface area contributed by atoms with Crippen LogP contribution in [-0.4, -0.2) is 18.1 Å². The molecule has 3 aliphatic rings. The molecule has 1 radical (unpaired) electrons. The summed E-state index contributed by atoms with van der Waals surface area (Å²) in [6.45, 7) is 0. The standard InChI is InChI=1S/C12H17N2/c1-2-6-10-9(5-1)13-11-7-3-4-8-12(11)14-10/h1-2,5-6,9,11-14H,3-4,7-8H2. The van der Waals surface area contributed by atoms with Crippen molar-refractivity contribution in [2.24, 2.45) is 0 Å². The number of fused-ring (bicyclic) bond motifs is 2. The van der Waals surface area contributed by atoms with Crippen molar-refractivity contribution in [1.82, 2.24) is 10.6 Å². The SMILES string of the molecule is [CH]1C=CC=C2NC3CCCCC3NC12. The van der Waals surface area contributed by atoms with Crippen molar-refractivity contribution in [2.75, 3.05) is 0 Å². The van der Waals surface area contributed by atoms with E-state index < -0.39 is 0 Å². The fourth-order valence-electron chi connectivity index (χ4n) is 2.77. The zero-order valence-corrected chi connectivity index (χ0v) is 8.37. The Morgan fingerprint density at radius 2 is 1.93 bits per heavy atom. The molecule has 14 heavy (non-hydrogen) atoms. The summed E-state index contributed by atoms with van der Waals surface area (Å²) in [6, 6.07) is 1.80. The molecule has 1 aliphatic heterocycles. The number of nitrogens with one attached hydrogen (secondary N) is 2. The summed E-state index contributed by atoms with van der Waals surface area (Å²) < 4.78 is 0. The van der Waals surface area contributed by atoms with Crippen LogP contribution in [0.15, 0.2) is 23.9 Å². The fraction of sp³-hybridized carbons (Fsp3) is 0.583. The smallest absolute Gasteiger partial charge is 0.0542 e. The second-order valence-corrected chi connectivity index (χ2v) is 4.49. The average molecular weight is 189 g/mol. The lowest BCUT2D eigenvalue weighted by molar-refractivity contribution is 0.252. The zero-order chi connectivity index (χ0) is 9.38. The first kappa shape index (κ1) is 8.54. The molecule has 3 rings (SSSR count). The van der Waals surface area contributed by atoms with Crippen LogP contribution in [-0.2, 0) is 0 Å². The van der Waals surface area contributed by atoms with Crippen LogP contribution in [0.25, 0.3) is 0 Å². The molecule has 3 unspecified atom stereocenters. The van der Waals surface area contributed by atoms with E-state index in [1.54, 1.807) is 0 Å². The van der Waals surface area contributed by atoms with Gasteiger partial charge in [-0.15, -0.1) is 0 Å². The van der Waals surface area contributed by atoms with Gasteiger partial charge in [-0.25, -0.2) is 0 Å². The Kier molecular flexibility index (Phi) is 2.09. The largest absolute Gasteiger partial charge is 0.383 e. The van der Waals surface area contributed by atoms with Gasteiger partial charge in [-0.2, -0.15) is 0 Å². The van der Waals surface area contributed by atoms with Gasteiger partial charge < -0.3 is 10.6 Å². The number of hydrogen-bond acceptors (Lipinski definition) is 2. The highest BCUT2D eigenvalue weighted by molar-refractivity contribution is 5.32. The van der Waals surface area contributed by atoms with Crippen molar-refractivity contribution in [3.63, 3.8) is 0 Å². The number of piperazine rings is 1. The Morgan fingerprint density at radius 1 is 1.07 bits per heavy atom. The molecule has 0 amide bonds. The maximum absolute atomic E-state index is 3.72. The molecule has 3 atom stereocenters. The predicted octanol–water partition coefficient (Wildman–Crippen LogP) is 1.52. The van der Waals surface area contributed by atoms with Gasteiger partial charge >= 0.3 is 0 Å². The summed E-state index contributed by atoms with van der Waals surface area (Å²) >= 11 is 0. The van der Waals surface area contributed by atoms with Crippen molar-refractivity contribution in [3.8, 4) is 0 Å². The van der Waals surface area contributed by atoms with Crippen molar-refractivity contribution in [2.45, 2.75) is 43.8 Å². The van der Waals surface area contributed by atoms with Crippen LogP contribution in [0.4, 0.5) is 0 Å². The van der Waals surface area contributed by atoms with E-state index in [0.29, 0.717) is 18.1 Å². The topological polar surface area (TPSA) is 24.1 Å². The highest BCUT2D eigenvalue weighted by Gasteiger charge is 2.33. The molecule has 1 saturated carbocycles. The second-order valence-electron chi connectivity index (χ2n) is 4.49. The highest BCUT2D eigenvalue weighted by Crippen LogP contribution is 2.26. The maximum atomic E-state index is 3.72. The lowest BCUT2D eigenvalue weighted by Crippen LogP contribution is -2.60. The Labute approximate surface area is 85.5 Å². The summed E-state index contributed by atoms with van der Waals surface area (Å²) in [5.74, 6) is 0. The summed E-state index contributed by atoms with van der Waals surface area (Å²) in [7, 11) is 0. The van der Waals surface area contributed by atoms with Crippen LogP contribution in [0, 0.1) is 6.42 Å². The monoisotopic (exact) mass is 189 g/mol. The molecular formula is C12H17N2. The third-order valence-corrected chi connectivity index (χ3v) is 3.54. The van der Waals surface area contributed by atoms with Crippen molar-refractivity contribution >= 4 is 0 Å². The fourth-order valence-corrected chi connectivity index (χ4v) is 2.77. The van der Waals surface area contributed by atoms with Gasteiger partial charge in [0.2, 0.25) is 0 Å². The van der Waals surface area contributed by atoms with Crippen molar-refractivity contribution < 1.29 is 0 Å². The van der Waals surface area contributed by atoms with Crippen LogP contribution >= 0.6 is 0 Å². The number of rotatable bonds is 0. The first-order chi connectivity index (χ1) is 6.93. The summed E-state index contributed by atoms with van der Waals surface area (Å²) in [6.07, 6.45) is 14.1. The molecule has 2 heteroatoms. The Bertz CT molecular complexity index is 280. The molecule has 0 aromatic rings. The quantitative estimate of drug-likeness (QED) is 0.603. The van der Waals surface area contributed by atoms with E-state index in [1.807, 2.05) is 0 Å². The molecule has 2 aliphatic carbocycles. The van der Waals surface area contributed by atoms with Crippen molar-refractivity contribution in [1.29, 1.82) is 0 Å². The van der Waals surface area contributed by atoms with E-state index in [-0.39, 0.29) is 0 Å². The van der Waals surface area contributed by atoms with Gasteiger partial charge in [0.05, 0.1) is 6.04 Å². The van der Waals surface area contributed by atoms with Gasteiger partial charge in [-0.05, 0) is 18.9 Å². The Balaban J connectivity index is 1.78. The Morgan fingerprint density at radius 3 is 2.86 bits per heavy atom. The third-order valence-electron chi connectivity index (χ3n) is 3.54. The summed E-state index contributed by atoms with van der Waals surface area (Å²) in [4.78, 5) is 0. The molecule has 1 heterocycles. The molecule has 0 aromatic heterocycles. The maximum Gasteiger partial charge on any atom is 0.0542 e. The van der Waals surface area contributed by atoms with Crippen LogP contribution in [0.1, 0.15) is 25.7 Å². The zero-order valence-electron chi connectivity index (χ0n) is 8.37. The van der Waals surface area contributed by atoms with Crippen molar-refractivity contribution in [3.05, 3.63) is 30.3 Å². The van der Waals surface area contributed by atoms with E-state index in [0.717, 1.165) is 0 Å². The molecule has 1 saturated heterocycles. The molecule has 2 nitrogen and oxygen atoms in total. The van der Waals surface area contributed by atoms with Crippen LogP contribution in [0.3, 0.4) is 0 Å². The van der Waals surface area contributed by atoms with Gasteiger partial charge in [0, 0.05) is 24.2 Å². The van der Waals surface area contributed by atoms with Gasteiger partial charge in [0.1, 0.15) is 0 Å². The lowest BCUT2D eigenvalue weighted by Gasteiger charge is -2.43. The molecule has 0 bridgehead atoms. The van der Waals surface area contributed by atoms with E-state index in [1.165, 1.54) is 31.4 Å². The van der Waals surface area contributed by atoms with E-state index in [4.69, 9.17) is 0 Å². The Hall–Kier alpha value is -0.760. The van der Waals surface area contributed by atoms with Gasteiger partial charge in [0.15, 0.2) is 0 Å². The third kappa shape index (κ3) is 1.38. The van der Waals surface area contributed by atoms with E-state index in [9.17, 15) is 0 Å². The molecule has 75 valence electrons. The number of allylic oxidation sites excluding steroid dienone is 2. The first-order valence-corrected chi connectivity index (χ1v) is 5.68. The number of hydrogen-bond donors (Lipinski definition) is 2. The lowest BCUT2D eigenvalue weighted by atomic mass is 9.85. The first-order valence-electron chi connectivity index (χ1n) is 5.68. The van der Waals surface area contributed by atoms with E-state index >= 15 is 0 Å². The van der Waals surface area contributed by atoms with Crippen LogP contribution < -0.4 is 10.6 Å². The second kappa shape index (κ2) is 3.43. The van der Waals surface area contributed by atoms with Gasteiger partial charge in [-0.3, -0.25) is 0 Å². The minimum Gasteiger partial charge on any atom is -0.383 e. The van der Waals surface area contributed by atoms with Crippen LogP contribution in [0.5, 0.6) is 0 Å². The predicted molar refractivity (Wildman–Crippen MR) is 57.6 cm³/mol. The average Bonchev–Trinajstić information content (AvgIpc) is 2.26. The normalized spacial score (nSPS) is 40.6.